The molecule has 106 valence electrons. The van der Waals surface area contributed by atoms with Crippen LogP contribution >= 0.6 is 0 Å². The van der Waals surface area contributed by atoms with Gasteiger partial charge in [-0.1, -0.05) is 60.7 Å². The van der Waals surface area contributed by atoms with Crippen LogP contribution in [0.5, 0.6) is 0 Å². The third-order valence-corrected chi connectivity index (χ3v) is 3.67. The topological polar surface area (TPSA) is 38.0 Å². The molecule has 0 aliphatic carbocycles. The van der Waals surface area contributed by atoms with E-state index < -0.39 is 6.10 Å². The normalized spacial score (nSPS) is 12.5. The van der Waals surface area contributed by atoms with Crippen LogP contribution in [0.1, 0.15) is 28.8 Å². The summed E-state index contributed by atoms with van der Waals surface area (Å²) in [5.74, 6) is -0.123. The first-order valence-corrected chi connectivity index (χ1v) is 7.03. The molecule has 0 aliphatic heterocycles. The van der Waals surface area contributed by atoms with Crippen LogP contribution in [0.25, 0.3) is 0 Å². The van der Waals surface area contributed by atoms with Crippen molar-refractivity contribution in [1.29, 1.82) is 0 Å². The fourth-order valence-electron chi connectivity index (χ4n) is 2.64. The lowest BCUT2D eigenvalue weighted by Gasteiger charge is -2.22. The molecule has 1 atom stereocenters. The Bertz CT molecular complexity index is 652. The molecule has 21 heavy (non-hydrogen) atoms. The quantitative estimate of drug-likeness (QED) is 0.795. The highest BCUT2D eigenvalue weighted by atomic mass is 16.3. The number of aryl methyl sites for hydroxylation is 1. The Morgan fingerprint density at radius 1 is 0.857 bits per heavy atom. The summed E-state index contributed by atoms with van der Waals surface area (Å²) in [6.07, 6.45) is 1.18. The van der Waals surface area contributed by atoms with E-state index in [0.29, 0.717) is 5.69 Å². The molecule has 1 heterocycles. The highest BCUT2D eigenvalue weighted by molar-refractivity contribution is 5.35. The van der Waals surface area contributed by atoms with Gasteiger partial charge in [-0.25, -0.2) is 0 Å². The first-order chi connectivity index (χ1) is 10.3. The number of aromatic nitrogens is 2. The molecule has 0 amide bonds. The molecule has 2 aromatic carbocycles. The first kappa shape index (κ1) is 13.6. The van der Waals surface area contributed by atoms with Gasteiger partial charge in [0, 0.05) is 19.2 Å². The summed E-state index contributed by atoms with van der Waals surface area (Å²) in [5, 5.41) is 15.2. The highest BCUT2D eigenvalue weighted by Gasteiger charge is 2.26. The van der Waals surface area contributed by atoms with Gasteiger partial charge in [-0.15, -0.1) is 0 Å². The molecule has 0 bridgehead atoms. The van der Waals surface area contributed by atoms with E-state index in [9.17, 15) is 5.11 Å². The van der Waals surface area contributed by atoms with Crippen molar-refractivity contribution in [3.05, 3.63) is 89.7 Å². The minimum atomic E-state index is -0.670. The maximum atomic E-state index is 10.8. The Morgan fingerprint density at radius 2 is 1.38 bits per heavy atom. The smallest absolute Gasteiger partial charge is 0.109 e. The molecular formula is C18H18N2O. The van der Waals surface area contributed by atoms with E-state index in [1.165, 1.54) is 0 Å². The van der Waals surface area contributed by atoms with Gasteiger partial charge in [0.15, 0.2) is 0 Å². The van der Waals surface area contributed by atoms with Crippen molar-refractivity contribution in [2.24, 2.45) is 7.05 Å². The fourth-order valence-corrected chi connectivity index (χ4v) is 2.64. The van der Waals surface area contributed by atoms with Crippen LogP contribution in [0, 0.1) is 0 Å². The van der Waals surface area contributed by atoms with Gasteiger partial charge in [0.05, 0.1) is 5.69 Å². The van der Waals surface area contributed by atoms with Gasteiger partial charge in [0.1, 0.15) is 6.10 Å². The fraction of sp³-hybridized carbons (Fsp3) is 0.167. The Labute approximate surface area is 124 Å². The third kappa shape index (κ3) is 2.88. The summed E-state index contributed by atoms with van der Waals surface area (Å²) < 4.78 is 1.71. The van der Waals surface area contributed by atoms with Crippen molar-refractivity contribution < 1.29 is 5.11 Å². The minimum Gasteiger partial charge on any atom is -0.386 e. The molecule has 0 saturated carbocycles. The molecule has 0 spiro atoms. The van der Waals surface area contributed by atoms with Crippen LogP contribution in [-0.2, 0) is 7.05 Å². The predicted octanol–water partition coefficient (Wildman–Crippen LogP) is 3.29. The van der Waals surface area contributed by atoms with Gasteiger partial charge in [0.2, 0.25) is 0 Å². The van der Waals surface area contributed by atoms with Gasteiger partial charge in [-0.05, 0) is 17.2 Å². The Kier molecular flexibility index (Phi) is 3.84. The molecule has 3 heteroatoms. The number of benzene rings is 2. The van der Waals surface area contributed by atoms with Crippen molar-refractivity contribution in [3.8, 4) is 0 Å². The number of rotatable bonds is 4. The van der Waals surface area contributed by atoms with E-state index in [2.05, 4.69) is 5.10 Å². The second-order valence-electron chi connectivity index (χ2n) is 5.16. The number of nitrogens with zero attached hydrogens (tertiary/aromatic N) is 2. The van der Waals surface area contributed by atoms with Gasteiger partial charge >= 0.3 is 0 Å². The summed E-state index contributed by atoms with van der Waals surface area (Å²) in [4.78, 5) is 0. The zero-order valence-electron chi connectivity index (χ0n) is 11.9. The second kappa shape index (κ2) is 5.94. The third-order valence-electron chi connectivity index (χ3n) is 3.67. The largest absolute Gasteiger partial charge is 0.386 e. The van der Waals surface area contributed by atoms with Gasteiger partial charge in [0.25, 0.3) is 0 Å². The SMILES string of the molecule is Cn1ccc(C(O)C(c2ccccc2)c2ccccc2)n1. The summed E-state index contributed by atoms with van der Waals surface area (Å²) in [5.41, 5.74) is 2.86. The summed E-state index contributed by atoms with van der Waals surface area (Å²) in [6.45, 7) is 0. The van der Waals surface area contributed by atoms with E-state index >= 15 is 0 Å². The first-order valence-electron chi connectivity index (χ1n) is 7.03. The molecule has 3 aromatic rings. The van der Waals surface area contributed by atoms with Crippen molar-refractivity contribution in [2.75, 3.05) is 0 Å². The van der Waals surface area contributed by atoms with Crippen LogP contribution in [0.3, 0.4) is 0 Å². The molecule has 0 saturated heterocycles. The molecular weight excluding hydrogens is 260 g/mol. The number of hydrogen-bond acceptors (Lipinski definition) is 2. The van der Waals surface area contributed by atoms with Gasteiger partial charge < -0.3 is 5.11 Å². The lowest BCUT2D eigenvalue weighted by atomic mass is 9.85. The highest BCUT2D eigenvalue weighted by Crippen LogP contribution is 2.35. The Balaban J connectivity index is 2.04. The van der Waals surface area contributed by atoms with E-state index in [1.807, 2.05) is 80.0 Å². The molecule has 3 nitrogen and oxygen atoms in total. The van der Waals surface area contributed by atoms with Crippen molar-refractivity contribution in [2.45, 2.75) is 12.0 Å². The van der Waals surface area contributed by atoms with Crippen LogP contribution in [0.4, 0.5) is 0 Å². The second-order valence-corrected chi connectivity index (χ2v) is 5.16. The van der Waals surface area contributed by atoms with Gasteiger partial charge in [-0.2, -0.15) is 5.10 Å². The summed E-state index contributed by atoms with van der Waals surface area (Å²) in [7, 11) is 1.86. The van der Waals surface area contributed by atoms with E-state index in [1.54, 1.807) is 4.68 Å². The average molecular weight is 278 g/mol. The maximum absolute atomic E-state index is 10.8. The standard InChI is InChI=1S/C18H18N2O/c1-20-13-12-16(19-20)18(21)17(14-8-4-2-5-9-14)15-10-6-3-7-11-15/h2-13,17-18,21H,1H3. The number of aliphatic hydroxyl groups is 1. The maximum Gasteiger partial charge on any atom is 0.109 e. The predicted molar refractivity (Wildman–Crippen MR) is 82.9 cm³/mol. The zero-order valence-corrected chi connectivity index (χ0v) is 11.9. The molecule has 1 N–H and O–H groups in total. The molecule has 3 rings (SSSR count). The average Bonchev–Trinajstić information content (AvgIpc) is 2.96. The summed E-state index contributed by atoms with van der Waals surface area (Å²) in [6, 6.07) is 22.0. The van der Waals surface area contributed by atoms with Crippen LogP contribution in [0.2, 0.25) is 0 Å². The lowest BCUT2D eigenvalue weighted by molar-refractivity contribution is 0.153. The monoisotopic (exact) mass is 278 g/mol. The molecule has 0 radical (unpaired) electrons. The van der Waals surface area contributed by atoms with E-state index in [-0.39, 0.29) is 5.92 Å². The zero-order chi connectivity index (χ0) is 14.7. The Hall–Kier alpha value is -2.39. The Morgan fingerprint density at radius 3 is 1.81 bits per heavy atom. The van der Waals surface area contributed by atoms with E-state index in [4.69, 9.17) is 0 Å². The van der Waals surface area contributed by atoms with E-state index in [0.717, 1.165) is 11.1 Å². The number of aliphatic hydroxyl groups excluding tert-OH is 1. The van der Waals surface area contributed by atoms with Crippen LogP contribution < -0.4 is 0 Å². The lowest BCUT2D eigenvalue weighted by Crippen LogP contribution is -2.13. The van der Waals surface area contributed by atoms with Crippen molar-refractivity contribution >= 4 is 0 Å². The molecule has 1 aromatic heterocycles. The molecule has 0 fully saturated rings. The molecule has 0 aliphatic rings. The molecule has 1 unspecified atom stereocenters. The summed E-state index contributed by atoms with van der Waals surface area (Å²) >= 11 is 0. The van der Waals surface area contributed by atoms with Crippen molar-refractivity contribution in [3.63, 3.8) is 0 Å². The van der Waals surface area contributed by atoms with Crippen LogP contribution in [-0.4, -0.2) is 14.9 Å². The van der Waals surface area contributed by atoms with Gasteiger partial charge in [-0.3, -0.25) is 4.68 Å². The minimum absolute atomic E-state index is 0.123. The number of hydrogen-bond donors (Lipinski definition) is 1. The van der Waals surface area contributed by atoms with Crippen molar-refractivity contribution in [1.82, 2.24) is 9.78 Å². The van der Waals surface area contributed by atoms with Crippen LogP contribution in [0.15, 0.2) is 72.9 Å².